The number of thiophene rings is 1. The number of amides is 2. The van der Waals surface area contributed by atoms with E-state index in [-0.39, 0.29) is 6.03 Å². The number of nitrogens with one attached hydrogen (secondary N) is 2. The van der Waals surface area contributed by atoms with Crippen LogP contribution in [-0.4, -0.2) is 11.0 Å². The van der Waals surface area contributed by atoms with Crippen LogP contribution in [0.3, 0.4) is 0 Å². The first kappa shape index (κ1) is 12.1. The zero-order valence-electron chi connectivity index (χ0n) is 8.81. The monoisotopic (exact) mass is 311 g/mol. The highest BCUT2D eigenvalue weighted by Crippen LogP contribution is 2.19. The topological polar surface area (TPSA) is 54.0 Å². The molecule has 0 aliphatic rings. The molecule has 2 rings (SSSR count). The van der Waals surface area contributed by atoms with Crippen molar-refractivity contribution < 1.29 is 4.79 Å². The first-order valence-electron chi connectivity index (χ1n) is 4.93. The molecule has 0 aliphatic heterocycles. The van der Waals surface area contributed by atoms with Crippen LogP contribution >= 0.6 is 27.3 Å². The van der Waals surface area contributed by atoms with Gasteiger partial charge in [-0.3, -0.25) is 5.32 Å². The van der Waals surface area contributed by atoms with Crippen molar-refractivity contribution in [3.05, 3.63) is 45.2 Å². The van der Waals surface area contributed by atoms with Gasteiger partial charge in [0.25, 0.3) is 0 Å². The highest BCUT2D eigenvalue weighted by Gasteiger charge is 2.03. The van der Waals surface area contributed by atoms with Crippen LogP contribution in [0.1, 0.15) is 4.88 Å². The fraction of sp³-hybridized carbons (Fsp3) is 0.0909. The SMILES string of the molecule is O=C(NCc1cc(Br)cs1)Nc1ccccn1. The number of pyridine rings is 1. The van der Waals surface area contributed by atoms with E-state index in [1.807, 2.05) is 17.5 Å². The van der Waals surface area contributed by atoms with Gasteiger partial charge in [-0.1, -0.05) is 6.07 Å². The van der Waals surface area contributed by atoms with Crippen LogP contribution in [-0.2, 0) is 6.54 Å². The highest BCUT2D eigenvalue weighted by molar-refractivity contribution is 9.10. The van der Waals surface area contributed by atoms with Gasteiger partial charge >= 0.3 is 6.03 Å². The van der Waals surface area contributed by atoms with E-state index in [4.69, 9.17) is 0 Å². The lowest BCUT2D eigenvalue weighted by atomic mass is 10.4. The van der Waals surface area contributed by atoms with Gasteiger partial charge in [-0.25, -0.2) is 9.78 Å². The van der Waals surface area contributed by atoms with Crippen LogP contribution in [0.2, 0.25) is 0 Å². The minimum atomic E-state index is -0.256. The Morgan fingerprint density at radius 3 is 3.00 bits per heavy atom. The minimum Gasteiger partial charge on any atom is -0.333 e. The average Bonchev–Trinajstić information content (AvgIpc) is 2.74. The summed E-state index contributed by atoms with van der Waals surface area (Å²) in [5.74, 6) is 0.539. The molecule has 88 valence electrons. The third-order valence-electron chi connectivity index (χ3n) is 1.95. The maximum absolute atomic E-state index is 11.5. The summed E-state index contributed by atoms with van der Waals surface area (Å²) in [5, 5.41) is 7.39. The van der Waals surface area contributed by atoms with Gasteiger partial charge in [-0.05, 0) is 34.1 Å². The highest BCUT2D eigenvalue weighted by atomic mass is 79.9. The van der Waals surface area contributed by atoms with Crippen molar-refractivity contribution in [1.29, 1.82) is 0 Å². The molecular formula is C11H10BrN3OS. The second-order valence-corrected chi connectivity index (χ2v) is 5.17. The van der Waals surface area contributed by atoms with Crippen molar-refractivity contribution in [2.45, 2.75) is 6.54 Å². The molecule has 6 heteroatoms. The van der Waals surface area contributed by atoms with Gasteiger partial charge in [-0.15, -0.1) is 11.3 Å². The smallest absolute Gasteiger partial charge is 0.320 e. The molecule has 0 atom stereocenters. The van der Waals surface area contributed by atoms with Crippen molar-refractivity contribution in [2.75, 3.05) is 5.32 Å². The molecule has 2 aromatic rings. The van der Waals surface area contributed by atoms with Crippen molar-refractivity contribution in [3.8, 4) is 0 Å². The van der Waals surface area contributed by atoms with E-state index in [0.717, 1.165) is 9.35 Å². The fourth-order valence-corrected chi connectivity index (χ4v) is 2.60. The lowest BCUT2D eigenvalue weighted by Crippen LogP contribution is -2.28. The van der Waals surface area contributed by atoms with Crippen molar-refractivity contribution >= 4 is 39.1 Å². The van der Waals surface area contributed by atoms with Crippen LogP contribution in [0.15, 0.2) is 40.3 Å². The van der Waals surface area contributed by atoms with Crippen LogP contribution in [0.4, 0.5) is 10.6 Å². The number of carbonyl (C=O) groups is 1. The summed E-state index contributed by atoms with van der Waals surface area (Å²) in [7, 11) is 0. The number of hydrogen-bond donors (Lipinski definition) is 2. The first-order chi connectivity index (χ1) is 8.24. The van der Waals surface area contributed by atoms with Crippen LogP contribution in [0.5, 0.6) is 0 Å². The Labute approximate surface area is 111 Å². The van der Waals surface area contributed by atoms with E-state index in [1.54, 1.807) is 29.7 Å². The summed E-state index contributed by atoms with van der Waals surface area (Å²) < 4.78 is 1.03. The summed E-state index contributed by atoms with van der Waals surface area (Å²) in [6.45, 7) is 0.509. The minimum absolute atomic E-state index is 0.256. The number of hydrogen-bond acceptors (Lipinski definition) is 3. The summed E-state index contributed by atoms with van der Waals surface area (Å²) in [4.78, 5) is 16.6. The van der Waals surface area contributed by atoms with Gasteiger partial charge in [0.15, 0.2) is 0 Å². The first-order valence-corrected chi connectivity index (χ1v) is 6.60. The molecule has 4 nitrogen and oxygen atoms in total. The predicted molar refractivity (Wildman–Crippen MR) is 72.1 cm³/mol. The third kappa shape index (κ3) is 3.83. The van der Waals surface area contributed by atoms with E-state index in [2.05, 4.69) is 31.5 Å². The lowest BCUT2D eigenvalue weighted by Gasteiger charge is -2.05. The Bertz CT molecular complexity index is 500. The average molecular weight is 312 g/mol. The summed E-state index contributed by atoms with van der Waals surface area (Å²) >= 11 is 4.96. The largest absolute Gasteiger partial charge is 0.333 e. The molecule has 0 unspecified atom stereocenters. The molecule has 0 saturated carbocycles. The standard InChI is InChI=1S/C11H10BrN3OS/c12-8-5-9(17-7-8)6-14-11(16)15-10-3-1-2-4-13-10/h1-5,7H,6H2,(H2,13,14,15,16). The van der Waals surface area contributed by atoms with Gasteiger partial charge in [0.1, 0.15) is 5.82 Å². The Balaban J connectivity index is 1.82. The molecular weight excluding hydrogens is 302 g/mol. The Morgan fingerprint density at radius 2 is 2.35 bits per heavy atom. The van der Waals surface area contributed by atoms with Gasteiger partial charge in [-0.2, -0.15) is 0 Å². The number of urea groups is 1. The molecule has 0 aliphatic carbocycles. The molecule has 17 heavy (non-hydrogen) atoms. The Morgan fingerprint density at radius 1 is 1.47 bits per heavy atom. The van der Waals surface area contributed by atoms with E-state index >= 15 is 0 Å². The molecule has 0 bridgehead atoms. The van der Waals surface area contributed by atoms with Gasteiger partial charge in [0, 0.05) is 20.9 Å². The third-order valence-corrected chi connectivity index (χ3v) is 3.65. The molecule has 0 radical (unpaired) electrons. The summed E-state index contributed by atoms with van der Waals surface area (Å²) in [6, 6.07) is 7.08. The number of aromatic nitrogens is 1. The van der Waals surface area contributed by atoms with Gasteiger partial charge in [0.05, 0.1) is 6.54 Å². The van der Waals surface area contributed by atoms with Crippen molar-refractivity contribution in [1.82, 2.24) is 10.3 Å². The van der Waals surface area contributed by atoms with Crippen LogP contribution in [0, 0.1) is 0 Å². The number of halogens is 1. The van der Waals surface area contributed by atoms with E-state index in [0.29, 0.717) is 12.4 Å². The van der Waals surface area contributed by atoms with Crippen molar-refractivity contribution in [3.63, 3.8) is 0 Å². The molecule has 2 heterocycles. The molecule has 0 spiro atoms. The van der Waals surface area contributed by atoms with Crippen LogP contribution < -0.4 is 10.6 Å². The van der Waals surface area contributed by atoms with E-state index < -0.39 is 0 Å². The molecule has 2 amide bonds. The number of anilines is 1. The van der Waals surface area contributed by atoms with E-state index in [1.165, 1.54) is 0 Å². The zero-order valence-corrected chi connectivity index (χ0v) is 11.2. The second kappa shape index (κ2) is 5.79. The molecule has 2 N–H and O–H groups in total. The maximum atomic E-state index is 11.5. The van der Waals surface area contributed by atoms with Gasteiger partial charge in [0.2, 0.25) is 0 Å². The summed E-state index contributed by atoms with van der Waals surface area (Å²) in [6.07, 6.45) is 1.63. The predicted octanol–water partition coefficient (Wildman–Crippen LogP) is 3.23. The zero-order chi connectivity index (χ0) is 12.1. The quantitative estimate of drug-likeness (QED) is 0.914. The molecule has 0 fully saturated rings. The fourth-order valence-electron chi connectivity index (χ4n) is 1.21. The number of rotatable bonds is 3. The Hall–Kier alpha value is -1.40. The molecule has 0 saturated heterocycles. The van der Waals surface area contributed by atoms with E-state index in [9.17, 15) is 4.79 Å². The summed E-state index contributed by atoms with van der Waals surface area (Å²) in [5.41, 5.74) is 0. The lowest BCUT2D eigenvalue weighted by molar-refractivity contribution is 0.252. The normalized spacial score (nSPS) is 9.94. The van der Waals surface area contributed by atoms with Crippen LogP contribution in [0.25, 0.3) is 0 Å². The van der Waals surface area contributed by atoms with Gasteiger partial charge < -0.3 is 5.32 Å². The number of nitrogens with zero attached hydrogens (tertiary/aromatic N) is 1. The molecule has 2 aromatic heterocycles. The molecule has 0 aromatic carbocycles. The second-order valence-electron chi connectivity index (χ2n) is 3.25. The number of carbonyl (C=O) groups excluding carboxylic acids is 1. The maximum Gasteiger partial charge on any atom is 0.320 e. The van der Waals surface area contributed by atoms with Crippen molar-refractivity contribution in [2.24, 2.45) is 0 Å². The Kier molecular flexibility index (Phi) is 4.11.